The molecule has 0 spiro atoms. The van der Waals surface area contributed by atoms with Gasteiger partial charge in [0.25, 0.3) is 0 Å². The monoisotopic (exact) mass is 158 g/mol. The van der Waals surface area contributed by atoms with Crippen LogP contribution in [-0.4, -0.2) is 24.2 Å². The van der Waals surface area contributed by atoms with Crippen LogP contribution in [0.5, 0.6) is 0 Å². The Hall–Kier alpha value is 0.310. The summed E-state index contributed by atoms with van der Waals surface area (Å²) < 4.78 is 5.67. The van der Waals surface area contributed by atoms with Gasteiger partial charge in [-0.3, -0.25) is 0 Å². The third-order valence-electron chi connectivity index (χ3n) is 2.70. The fraction of sp³-hybridized carbons (Fsp3) is 1.00. The lowest BCUT2D eigenvalue weighted by Crippen LogP contribution is -2.25. The molecule has 0 aromatic carbocycles. The maximum Gasteiger partial charge on any atom is 0.0707 e. The van der Waals surface area contributed by atoms with E-state index < -0.39 is 0 Å². The zero-order valence-electron chi connectivity index (χ0n) is 6.59. The maximum atomic E-state index is 5.67. The lowest BCUT2D eigenvalue weighted by atomic mass is 9.81. The largest absolute Gasteiger partial charge is 0.376 e. The van der Waals surface area contributed by atoms with Gasteiger partial charge in [0, 0.05) is 11.7 Å². The van der Waals surface area contributed by atoms with Gasteiger partial charge in [-0.05, 0) is 11.2 Å². The molecule has 0 aliphatic carbocycles. The SMILES string of the molecule is CC1(C)COC2CSCC21. The highest BCUT2D eigenvalue weighted by Crippen LogP contribution is 2.45. The molecule has 58 valence electrons. The zero-order chi connectivity index (χ0) is 7.19. The Morgan fingerprint density at radius 2 is 2.20 bits per heavy atom. The smallest absolute Gasteiger partial charge is 0.0707 e. The van der Waals surface area contributed by atoms with E-state index in [1.807, 2.05) is 11.8 Å². The second kappa shape index (κ2) is 2.15. The van der Waals surface area contributed by atoms with E-state index in [-0.39, 0.29) is 0 Å². The van der Waals surface area contributed by atoms with Crippen molar-refractivity contribution in [3.8, 4) is 0 Å². The number of ether oxygens (including phenoxy) is 1. The van der Waals surface area contributed by atoms with Crippen molar-refractivity contribution >= 4 is 11.8 Å². The summed E-state index contributed by atoms with van der Waals surface area (Å²) in [5.41, 5.74) is 0.453. The van der Waals surface area contributed by atoms with Crippen LogP contribution >= 0.6 is 11.8 Å². The van der Waals surface area contributed by atoms with Gasteiger partial charge < -0.3 is 4.74 Å². The molecule has 0 bridgehead atoms. The van der Waals surface area contributed by atoms with Crippen molar-refractivity contribution in [1.29, 1.82) is 0 Å². The Balaban J connectivity index is 2.16. The van der Waals surface area contributed by atoms with E-state index in [2.05, 4.69) is 13.8 Å². The van der Waals surface area contributed by atoms with E-state index in [0.717, 1.165) is 12.5 Å². The van der Waals surface area contributed by atoms with E-state index >= 15 is 0 Å². The van der Waals surface area contributed by atoms with Crippen LogP contribution in [-0.2, 0) is 4.74 Å². The van der Waals surface area contributed by atoms with Crippen LogP contribution in [0.4, 0.5) is 0 Å². The predicted octanol–water partition coefficient (Wildman–Crippen LogP) is 1.77. The number of rotatable bonds is 0. The highest BCUT2D eigenvalue weighted by atomic mass is 32.2. The van der Waals surface area contributed by atoms with Gasteiger partial charge in [-0.15, -0.1) is 0 Å². The Morgan fingerprint density at radius 3 is 2.90 bits per heavy atom. The van der Waals surface area contributed by atoms with E-state index in [4.69, 9.17) is 4.74 Å². The van der Waals surface area contributed by atoms with Crippen molar-refractivity contribution < 1.29 is 4.74 Å². The molecule has 0 radical (unpaired) electrons. The topological polar surface area (TPSA) is 9.23 Å². The minimum atomic E-state index is 0.453. The first-order valence-corrected chi connectivity index (χ1v) is 5.05. The third-order valence-corrected chi connectivity index (χ3v) is 3.86. The summed E-state index contributed by atoms with van der Waals surface area (Å²) in [5.74, 6) is 3.38. The molecule has 2 heterocycles. The molecule has 2 rings (SSSR count). The van der Waals surface area contributed by atoms with Crippen molar-refractivity contribution in [1.82, 2.24) is 0 Å². The molecule has 10 heavy (non-hydrogen) atoms. The molecular weight excluding hydrogens is 144 g/mol. The molecule has 0 saturated carbocycles. The van der Waals surface area contributed by atoms with Crippen LogP contribution in [0.3, 0.4) is 0 Å². The zero-order valence-corrected chi connectivity index (χ0v) is 7.41. The van der Waals surface area contributed by atoms with Gasteiger partial charge in [-0.1, -0.05) is 13.8 Å². The minimum Gasteiger partial charge on any atom is -0.376 e. The first-order valence-electron chi connectivity index (χ1n) is 3.89. The molecule has 2 atom stereocenters. The standard InChI is InChI=1S/C8H14OS/c1-8(2)5-9-7-4-10-3-6(7)8/h6-7H,3-5H2,1-2H3. The molecule has 0 aromatic rings. The predicted molar refractivity (Wildman–Crippen MR) is 44.3 cm³/mol. The number of thioether (sulfide) groups is 1. The molecular formula is C8H14OS. The molecule has 2 saturated heterocycles. The lowest BCUT2D eigenvalue weighted by molar-refractivity contribution is 0.111. The summed E-state index contributed by atoms with van der Waals surface area (Å²) in [6.07, 6.45) is 0.583. The van der Waals surface area contributed by atoms with Gasteiger partial charge in [-0.2, -0.15) is 11.8 Å². The Kier molecular flexibility index (Phi) is 1.50. The van der Waals surface area contributed by atoms with Crippen LogP contribution in [0.25, 0.3) is 0 Å². The molecule has 0 amide bonds. The summed E-state index contributed by atoms with van der Waals surface area (Å²) in [5, 5.41) is 0. The molecule has 2 aliphatic heterocycles. The Morgan fingerprint density at radius 1 is 1.40 bits per heavy atom. The van der Waals surface area contributed by atoms with Crippen LogP contribution in [0.2, 0.25) is 0 Å². The fourth-order valence-corrected chi connectivity index (χ4v) is 3.47. The van der Waals surface area contributed by atoms with Gasteiger partial charge in [0.15, 0.2) is 0 Å². The minimum absolute atomic E-state index is 0.453. The van der Waals surface area contributed by atoms with Crippen molar-refractivity contribution in [2.75, 3.05) is 18.1 Å². The molecule has 0 N–H and O–H groups in total. The average molecular weight is 158 g/mol. The van der Waals surface area contributed by atoms with Gasteiger partial charge in [-0.25, -0.2) is 0 Å². The number of hydrogen-bond acceptors (Lipinski definition) is 2. The first-order chi connectivity index (χ1) is 4.70. The second-order valence-electron chi connectivity index (χ2n) is 3.98. The van der Waals surface area contributed by atoms with Crippen LogP contribution in [0.1, 0.15) is 13.8 Å². The highest BCUT2D eigenvalue weighted by Gasteiger charge is 2.45. The Bertz CT molecular complexity index is 144. The van der Waals surface area contributed by atoms with E-state index in [1.165, 1.54) is 11.5 Å². The number of fused-ring (bicyclic) bond motifs is 1. The van der Waals surface area contributed by atoms with Crippen molar-refractivity contribution in [2.24, 2.45) is 11.3 Å². The van der Waals surface area contributed by atoms with E-state index in [9.17, 15) is 0 Å². The Labute approximate surface area is 66.5 Å². The molecule has 2 aliphatic rings. The quantitative estimate of drug-likeness (QED) is 0.531. The molecule has 2 unspecified atom stereocenters. The van der Waals surface area contributed by atoms with Crippen LogP contribution in [0.15, 0.2) is 0 Å². The van der Waals surface area contributed by atoms with Crippen LogP contribution in [0, 0.1) is 11.3 Å². The summed E-state index contributed by atoms with van der Waals surface area (Å²) in [7, 11) is 0. The second-order valence-corrected chi connectivity index (χ2v) is 5.06. The molecule has 0 aromatic heterocycles. The van der Waals surface area contributed by atoms with Gasteiger partial charge in [0.2, 0.25) is 0 Å². The van der Waals surface area contributed by atoms with Crippen LogP contribution < -0.4 is 0 Å². The van der Waals surface area contributed by atoms with Crippen molar-refractivity contribution in [2.45, 2.75) is 20.0 Å². The van der Waals surface area contributed by atoms with E-state index in [1.54, 1.807) is 0 Å². The fourth-order valence-electron chi connectivity index (χ4n) is 1.86. The van der Waals surface area contributed by atoms with Gasteiger partial charge >= 0.3 is 0 Å². The van der Waals surface area contributed by atoms with Gasteiger partial charge in [0.05, 0.1) is 12.7 Å². The van der Waals surface area contributed by atoms with Gasteiger partial charge in [0.1, 0.15) is 0 Å². The summed E-state index contributed by atoms with van der Waals surface area (Å²) in [6.45, 7) is 5.62. The summed E-state index contributed by atoms with van der Waals surface area (Å²) >= 11 is 2.04. The van der Waals surface area contributed by atoms with Crippen molar-refractivity contribution in [3.05, 3.63) is 0 Å². The van der Waals surface area contributed by atoms with Crippen molar-refractivity contribution in [3.63, 3.8) is 0 Å². The number of hydrogen-bond donors (Lipinski definition) is 0. The first kappa shape index (κ1) is 6.99. The highest BCUT2D eigenvalue weighted by molar-refractivity contribution is 7.99. The third kappa shape index (κ3) is 0.892. The lowest BCUT2D eigenvalue weighted by Gasteiger charge is -2.22. The molecule has 1 nitrogen and oxygen atoms in total. The summed E-state index contributed by atoms with van der Waals surface area (Å²) in [6, 6.07) is 0. The normalized spacial score (nSPS) is 43.8. The van der Waals surface area contributed by atoms with E-state index in [0.29, 0.717) is 11.5 Å². The maximum absolute atomic E-state index is 5.67. The average Bonchev–Trinajstić information content (AvgIpc) is 2.36. The molecule has 2 heteroatoms. The summed E-state index contributed by atoms with van der Waals surface area (Å²) in [4.78, 5) is 0. The molecule has 2 fully saturated rings.